The smallest absolute Gasteiger partial charge is 0.0471 e. The lowest BCUT2D eigenvalue weighted by Crippen LogP contribution is -1.71. The molecule has 0 aliphatic carbocycles. The average Bonchev–Trinajstić information content (AvgIpc) is 2.59. The van der Waals surface area contributed by atoms with Gasteiger partial charge in [-0.3, -0.25) is 0 Å². The molecular formula is C11H9BrClN. The zero-order valence-electron chi connectivity index (χ0n) is 7.43. The Kier molecular flexibility index (Phi) is 2.94. The van der Waals surface area contributed by atoms with Crippen LogP contribution >= 0.6 is 27.5 Å². The zero-order valence-corrected chi connectivity index (χ0v) is 9.77. The van der Waals surface area contributed by atoms with Crippen LogP contribution in [0.25, 0.3) is 17.0 Å². The molecule has 0 saturated heterocycles. The first-order valence-electron chi connectivity index (χ1n) is 4.31. The monoisotopic (exact) mass is 269 g/mol. The highest BCUT2D eigenvalue weighted by molar-refractivity contribution is 9.10. The Balaban J connectivity index is 2.61. The number of allylic oxidation sites excluding steroid dienone is 1. The van der Waals surface area contributed by atoms with Gasteiger partial charge in [0, 0.05) is 33.0 Å². The largest absolute Gasteiger partial charge is 0.361 e. The number of rotatable bonds is 2. The van der Waals surface area contributed by atoms with Crippen molar-refractivity contribution in [3.8, 4) is 0 Å². The van der Waals surface area contributed by atoms with E-state index in [1.165, 1.54) is 5.39 Å². The molecule has 1 aromatic carbocycles. The number of hydrogen-bond donors (Lipinski definition) is 1. The lowest BCUT2D eigenvalue weighted by atomic mass is 10.2. The van der Waals surface area contributed by atoms with Gasteiger partial charge in [-0.1, -0.05) is 34.1 Å². The number of fused-ring (bicyclic) bond motifs is 1. The van der Waals surface area contributed by atoms with E-state index < -0.39 is 0 Å². The summed E-state index contributed by atoms with van der Waals surface area (Å²) in [5.74, 6) is 0.539. The van der Waals surface area contributed by atoms with Gasteiger partial charge in [0.05, 0.1) is 0 Å². The molecule has 0 saturated carbocycles. The maximum absolute atomic E-state index is 5.60. The fourth-order valence-electron chi connectivity index (χ4n) is 1.47. The molecule has 0 atom stereocenters. The normalized spacial score (nSPS) is 11.6. The van der Waals surface area contributed by atoms with Crippen LogP contribution in [-0.4, -0.2) is 10.9 Å². The molecule has 1 nitrogen and oxygen atoms in total. The molecule has 0 aliphatic rings. The number of alkyl halides is 1. The molecule has 0 radical (unpaired) electrons. The Morgan fingerprint density at radius 2 is 2.29 bits per heavy atom. The van der Waals surface area contributed by atoms with E-state index >= 15 is 0 Å². The highest BCUT2D eigenvalue weighted by Crippen LogP contribution is 2.27. The summed E-state index contributed by atoms with van der Waals surface area (Å²) in [6.45, 7) is 0. The number of aromatic nitrogens is 1. The van der Waals surface area contributed by atoms with Crippen LogP contribution in [0.15, 0.2) is 34.9 Å². The molecular weight excluding hydrogens is 261 g/mol. The first kappa shape index (κ1) is 9.81. The van der Waals surface area contributed by atoms with Crippen LogP contribution in [0, 0.1) is 0 Å². The fourth-order valence-corrected chi connectivity index (χ4v) is 2.15. The van der Waals surface area contributed by atoms with E-state index in [-0.39, 0.29) is 0 Å². The van der Waals surface area contributed by atoms with Crippen LogP contribution < -0.4 is 0 Å². The van der Waals surface area contributed by atoms with Crippen LogP contribution in [-0.2, 0) is 0 Å². The van der Waals surface area contributed by atoms with Gasteiger partial charge in [0.15, 0.2) is 0 Å². The van der Waals surface area contributed by atoms with E-state index in [1.807, 2.05) is 30.5 Å². The summed E-state index contributed by atoms with van der Waals surface area (Å²) < 4.78 is 1.10. The molecule has 0 spiro atoms. The van der Waals surface area contributed by atoms with E-state index in [9.17, 15) is 0 Å². The van der Waals surface area contributed by atoms with Gasteiger partial charge in [0.2, 0.25) is 0 Å². The second-order valence-electron chi connectivity index (χ2n) is 2.96. The minimum Gasteiger partial charge on any atom is -0.361 e. The third-order valence-corrected chi connectivity index (χ3v) is 2.91. The Morgan fingerprint density at radius 3 is 3.07 bits per heavy atom. The van der Waals surface area contributed by atoms with Gasteiger partial charge in [-0.25, -0.2) is 0 Å². The van der Waals surface area contributed by atoms with Gasteiger partial charge in [-0.15, -0.1) is 11.6 Å². The molecule has 3 heteroatoms. The van der Waals surface area contributed by atoms with Crippen molar-refractivity contribution in [3.63, 3.8) is 0 Å². The Bertz CT molecular complexity index is 473. The summed E-state index contributed by atoms with van der Waals surface area (Å²) in [7, 11) is 0. The van der Waals surface area contributed by atoms with Crippen LogP contribution in [0.5, 0.6) is 0 Å². The van der Waals surface area contributed by atoms with Gasteiger partial charge < -0.3 is 4.98 Å². The summed E-state index contributed by atoms with van der Waals surface area (Å²) >= 11 is 9.13. The number of halogens is 2. The van der Waals surface area contributed by atoms with Gasteiger partial charge in [-0.05, 0) is 12.1 Å². The fraction of sp³-hybridized carbons (Fsp3) is 0.0909. The predicted octanol–water partition coefficient (Wildman–Crippen LogP) is 4.18. The lowest BCUT2D eigenvalue weighted by Gasteiger charge is -1.95. The van der Waals surface area contributed by atoms with Crippen LogP contribution in [0.2, 0.25) is 0 Å². The topological polar surface area (TPSA) is 15.8 Å². The van der Waals surface area contributed by atoms with Crippen molar-refractivity contribution < 1.29 is 0 Å². The van der Waals surface area contributed by atoms with Crippen LogP contribution in [0.1, 0.15) is 5.56 Å². The molecule has 72 valence electrons. The van der Waals surface area contributed by atoms with Crippen molar-refractivity contribution in [2.24, 2.45) is 0 Å². The third-order valence-electron chi connectivity index (χ3n) is 2.07. The minimum absolute atomic E-state index is 0.539. The summed E-state index contributed by atoms with van der Waals surface area (Å²) in [6, 6.07) is 6.10. The van der Waals surface area contributed by atoms with Gasteiger partial charge >= 0.3 is 0 Å². The predicted molar refractivity (Wildman–Crippen MR) is 65.8 cm³/mol. The van der Waals surface area contributed by atoms with E-state index in [0.717, 1.165) is 15.6 Å². The van der Waals surface area contributed by atoms with Crippen LogP contribution in [0.3, 0.4) is 0 Å². The number of aromatic amines is 1. The summed E-state index contributed by atoms with van der Waals surface area (Å²) in [4.78, 5) is 3.21. The number of nitrogens with one attached hydrogen (secondary N) is 1. The van der Waals surface area contributed by atoms with Crippen LogP contribution in [0.4, 0.5) is 0 Å². The highest BCUT2D eigenvalue weighted by atomic mass is 79.9. The van der Waals surface area contributed by atoms with E-state index in [2.05, 4.69) is 27.0 Å². The molecule has 14 heavy (non-hydrogen) atoms. The van der Waals surface area contributed by atoms with Crippen molar-refractivity contribution in [2.45, 2.75) is 0 Å². The molecule has 0 unspecified atom stereocenters. The van der Waals surface area contributed by atoms with Crippen molar-refractivity contribution in [2.75, 3.05) is 5.88 Å². The van der Waals surface area contributed by atoms with E-state index in [0.29, 0.717) is 5.88 Å². The maximum Gasteiger partial charge on any atom is 0.0471 e. The van der Waals surface area contributed by atoms with Gasteiger partial charge in [-0.2, -0.15) is 0 Å². The SMILES string of the molecule is ClCC=Cc1c[nH]c2cccc(Br)c12. The second kappa shape index (κ2) is 4.20. The first-order chi connectivity index (χ1) is 6.83. The van der Waals surface area contributed by atoms with Crippen molar-refractivity contribution in [1.82, 2.24) is 4.98 Å². The van der Waals surface area contributed by atoms with Crippen molar-refractivity contribution in [1.29, 1.82) is 0 Å². The molecule has 0 aliphatic heterocycles. The van der Waals surface area contributed by atoms with Gasteiger partial charge in [0.25, 0.3) is 0 Å². The van der Waals surface area contributed by atoms with E-state index in [1.54, 1.807) is 0 Å². The molecule has 0 amide bonds. The summed E-state index contributed by atoms with van der Waals surface area (Å²) in [5.41, 5.74) is 2.29. The minimum atomic E-state index is 0.539. The maximum atomic E-state index is 5.60. The van der Waals surface area contributed by atoms with Gasteiger partial charge in [0.1, 0.15) is 0 Å². The zero-order chi connectivity index (χ0) is 9.97. The molecule has 0 fully saturated rings. The molecule has 2 rings (SSSR count). The number of benzene rings is 1. The molecule has 1 aromatic heterocycles. The van der Waals surface area contributed by atoms with Crippen molar-refractivity contribution in [3.05, 3.63) is 40.5 Å². The Labute approximate surface area is 95.9 Å². The quantitative estimate of drug-likeness (QED) is 0.788. The highest BCUT2D eigenvalue weighted by Gasteiger charge is 2.03. The molecule has 0 bridgehead atoms. The average molecular weight is 271 g/mol. The molecule has 1 heterocycles. The lowest BCUT2D eigenvalue weighted by molar-refractivity contribution is 1.47. The third kappa shape index (κ3) is 1.72. The number of H-pyrrole nitrogens is 1. The summed E-state index contributed by atoms with van der Waals surface area (Å²) in [6.07, 6.45) is 5.94. The Morgan fingerprint density at radius 1 is 1.43 bits per heavy atom. The Hall–Kier alpha value is -0.730. The standard InChI is InChI=1S/C11H9BrClN/c12-9-4-1-5-10-11(9)8(7-14-10)3-2-6-13/h1-5,7,14H,6H2. The molecule has 2 aromatic rings. The summed E-state index contributed by atoms with van der Waals surface area (Å²) in [5, 5.41) is 1.20. The second-order valence-corrected chi connectivity index (χ2v) is 4.13. The first-order valence-corrected chi connectivity index (χ1v) is 5.64. The molecule has 1 N–H and O–H groups in total. The van der Waals surface area contributed by atoms with E-state index in [4.69, 9.17) is 11.6 Å². The van der Waals surface area contributed by atoms with Crippen molar-refractivity contribution >= 4 is 44.5 Å². The number of hydrogen-bond acceptors (Lipinski definition) is 0.